The molecule has 25 heavy (non-hydrogen) atoms. The Kier molecular flexibility index (Phi) is 4.35. The first-order valence-corrected chi connectivity index (χ1v) is 8.53. The third-order valence-corrected chi connectivity index (χ3v) is 4.49. The number of anilines is 1. The lowest BCUT2D eigenvalue weighted by molar-refractivity contribution is 0.101. The summed E-state index contributed by atoms with van der Waals surface area (Å²) in [7, 11) is 0. The summed E-state index contributed by atoms with van der Waals surface area (Å²) in [4.78, 5) is 4.70. The van der Waals surface area contributed by atoms with Crippen molar-refractivity contribution in [2.75, 3.05) is 18.4 Å². The minimum absolute atomic E-state index is 0.0594. The summed E-state index contributed by atoms with van der Waals surface area (Å²) >= 11 is 0. The van der Waals surface area contributed by atoms with Gasteiger partial charge in [-0.1, -0.05) is 18.2 Å². The van der Waals surface area contributed by atoms with Gasteiger partial charge in [0.2, 0.25) is 0 Å². The smallest absolute Gasteiger partial charge is 0.165 e. The van der Waals surface area contributed by atoms with Gasteiger partial charge in [-0.15, -0.1) is 0 Å². The largest absolute Gasteiger partial charge is 0.377 e. The van der Waals surface area contributed by atoms with E-state index in [1.54, 1.807) is 4.52 Å². The van der Waals surface area contributed by atoms with Crippen molar-refractivity contribution in [2.45, 2.75) is 25.7 Å². The summed E-state index contributed by atoms with van der Waals surface area (Å²) in [6.07, 6.45) is 3.15. The van der Waals surface area contributed by atoms with Crippen LogP contribution in [0.25, 0.3) is 16.8 Å². The average Bonchev–Trinajstić information content (AvgIpc) is 3.06. The molecule has 130 valence electrons. The van der Waals surface area contributed by atoms with Crippen LogP contribution in [0.4, 0.5) is 5.82 Å². The van der Waals surface area contributed by atoms with Gasteiger partial charge in [-0.25, -0.2) is 9.50 Å². The zero-order chi connectivity index (χ0) is 17.2. The molecule has 4 bridgehead atoms. The molecule has 2 aromatic heterocycles. The van der Waals surface area contributed by atoms with Gasteiger partial charge in [0, 0.05) is 37.4 Å². The molecule has 1 aromatic carbocycles. The predicted molar refractivity (Wildman–Crippen MR) is 97.2 cm³/mol. The second-order valence-electron chi connectivity index (χ2n) is 6.33. The number of nitrogens with zero attached hydrogens (tertiary/aromatic N) is 3. The zero-order valence-corrected chi connectivity index (χ0v) is 14.1. The van der Waals surface area contributed by atoms with Gasteiger partial charge < -0.3 is 15.7 Å². The molecular weight excluding hydrogens is 316 g/mol. The van der Waals surface area contributed by atoms with Crippen molar-refractivity contribution in [3.63, 3.8) is 0 Å². The molecular formula is C18H22N6O. The SMILES string of the molecule is CC1NCc2cccc(c2)-c2cnn3ccc(nc23)NCCNC1O. The van der Waals surface area contributed by atoms with Crippen molar-refractivity contribution in [1.29, 1.82) is 0 Å². The Morgan fingerprint density at radius 1 is 1.20 bits per heavy atom. The van der Waals surface area contributed by atoms with E-state index in [4.69, 9.17) is 4.98 Å². The van der Waals surface area contributed by atoms with E-state index >= 15 is 0 Å². The van der Waals surface area contributed by atoms with Crippen LogP contribution in [0.15, 0.2) is 42.7 Å². The Labute approximate surface area is 146 Å². The molecule has 1 aliphatic heterocycles. The molecule has 3 heterocycles. The van der Waals surface area contributed by atoms with Crippen molar-refractivity contribution in [3.8, 4) is 11.1 Å². The van der Waals surface area contributed by atoms with Crippen LogP contribution in [0, 0.1) is 0 Å². The average molecular weight is 338 g/mol. The number of aliphatic hydroxyl groups excluding tert-OH is 1. The van der Waals surface area contributed by atoms with Crippen LogP contribution < -0.4 is 16.0 Å². The quantitative estimate of drug-likeness (QED) is 0.493. The molecule has 2 unspecified atom stereocenters. The Morgan fingerprint density at radius 3 is 3.04 bits per heavy atom. The van der Waals surface area contributed by atoms with Crippen LogP contribution in [0.3, 0.4) is 0 Å². The van der Waals surface area contributed by atoms with E-state index in [2.05, 4.69) is 39.2 Å². The van der Waals surface area contributed by atoms with Gasteiger partial charge >= 0.3 is 0 Å². The molecule has 7 heteroatoms. The maximum absolute atomic E-state index is 10.2. The van der Waals surface area contributed by atoms with Crippen LogP contribution >= 0.6 is 0 Å². The van der Waals surface area contributed by atoms with E-state index in [1.165, 1.54) is 0 Å². The Balaban J connectivity index is 1.76. The lowest BCUT2D eigenvalue weighted by atomic mass is 10.1. The van der Waals surface area contributed by atoms with E-state index < -0.39 is 6.23 Å². The first-order valence-electron chi connectivity index (χ1n) is 8.53. The van der Waals surface area contributed by atoms with Gasteiger partial charge in [-0.05, 0) is 30.2 Å². The van der Waals surface area contributed by atoms with E-state index in [9.17, 15) is 5.11 Å². The fourth-order valence-electron chi connectivity index (χ4n) is 3.00. The molecule has 0 fully saturated rings. The number of hydrogen-bond acceptors (Lipinski definition) is 6. The van der Waals surface area contributed by atoms with Gasteiger partial charge in [0.1, 0.15) is 12.0 Å². The molecule has 4 rings (SSSR count). The minimum atomic E-state index is -0.607. The number of aliphatic hydroxyl groups is 1. The van der Waals surface area contributed by atoms with Crippen molar-refractivity contribution < 1.29 is 5.11 Å². The van der Waals surface area contributed by atoms with E-state index in [-0.39, 0.29) is 6.04 Å². The molecule has 0 spiro atoms. The second-order valence-corrected chi connectivity index (χ2v) is 6.33. The lowest BCUT2D eigenvalue weighted by Gasteiger charge is -2.21. The molecule has 4 N–H and O–H groups in total. The second kappa shape index (κ2) is 6.79. The summed E-state index contributed by atoms with van der Waals surface area (Å²) in [6, 6.07) is 10.2. The fourth-order valence-corrected chi connectivity index (χ4v) is 3.00. The fraction of sp³-hybridized carbons (Fsp3) is 0.333. The van der Waals surface area contributed by atoms with Gasteiger partial charge in [-0.2, -0.15) is 5.10 Å². The monoisotopic (exact) mass is 338 g/mol. The molecule has 0 radical (unpaired) electrons. The number of benzene rings is 1. The standard InChI is InChI=1S/C18H22N6O/c1-12-18(25)20-7-6-19-16-5-8-24-17(23-16)15(11-22-24)14-4-2-3-13(9-14)10-21-12/h2-5,8-9,11-12,18,20-21,25H,6-7,10H2,1H3,(H,19,23). The van der Waals surface area contributed by atoms with Crippen LogP contribution in [-0.4, -0.2) is 45.1 Å². The zero-order valence-electron chi connectivity index (χ0n) is 14.1. The summed E-state index contributed by atoms with van der Waals surface area (Å²) in [5, 5.41) is 24.4. The highest BCUT2D eigenvalue weighted by Gasteiger charge is 2.14. The minimum Gasteiger partial charge on any atom is -0.377 e. The number of fused-ring (bicyclic) bond motifs is 4. The number of rotatable bonds is 0. The topological polar surface area (TPSA) is 86.5 Å². The van der Waals surface area contributed by atoms with Crippen molar-refractivity contribution in [3.05, 3.63) is 48.3 Å². The third-order valence-electron chi connectivity index (χ3n) is 4.49. The maximum atomic E-state index is 10.2. The van der Waals surface area contributed by atoms with Crippen molar-refractivity contribution in [2.24, 2.45) is 0 Å². The van der Waals surface area contributed by atoms with Gasteiger partial charge in [-0.3, -0.25) is 5.32 Å². The van der Waals surface area contributed by atoms with Gasteiger partial charge in [0.05, 0.1) is 6.20 Å². The highest BCUT2D eigenvalue weighted by Crippen LogP contribution is 2.25. The Morgan fingerprint density at radius 2 is 2.12 bits per heavy atom. The molecule has 2 atom stereocenters. The third kappa shape index (κ3) is 3.34. The van der Waals surface area contributed by atoms with E-state index in [0.29, 0.717) is 19.6 Å². The molecule has 0 aliphatic carbocycles. The molecule has 3 aromatic rings. The molecule has 1 aliphatic rings. The number of hydrogen-bond donors (Lipinski definition) is 4. The molecule has 7 nitrogen and oxygen atoms in total. The van der Waals surface area contributed by atoms with Crippen LogP contribution in [0.5, 0.6) is 0 Å². The van der Waals surface area contributed by atoms with Gasteiger partial charge in [0.25, 0.3) is 0 Å². The lowest BCUT2D eigenvalue weighted by Crippen LogP contribution is -2.47. The Hall–Kier alpha value is -2.48. The van der Waals surface area contributed by atoms with E-state index in [1.807, 2.05) is 31.5 Å². The predicted octanol–water partition coefficient (Wildman–Crippen LogP) is 1.21. The normalized spacial score (nSPS) is 21.5. The number of nitrogens with one attached hydrogen (secondary N) is 3. The molecule has 0 amide bonds. The summed E-state index contributed by atoms with van der Waals surface area (Å²) in [5.74, 6) is 0.794. The first kappa shape index (κ1) is 16.0. The van der Waals surface area contributed by atoms with Gasteiger partial charge in [0.15, 0.2) is 5.65 Å². The van der Waals surface area contributed by atoms with Crippen molar-refractivity contribution >= 4 is 11.5 Å². The summed E-state index contributed by atoms with van der Waals surface area (Å²) in [5.41, 5.74) is 4.07. The van der Waals surface area contributed by atoms with Crippen LogP contribution in [0.1, 0.15) is 12.5 Å². The molecule has 0 saturated carbocycles. The summed E-state index contributed by atoms with van der Waals surface area (Å²) in [6.45, 7) is 3.97. The van der Waals surface area contributed by atoms with Crippen molar-refractivity contribution in [1.82, 2.24) is 25.2 Å². The Bertz CT molecular complexity index is 877. The highest BCUT2D eigenvalue weighted by atomic mass is 16.3. The van der Waals surface area contributed by atoms with Crippen LogP contribution in [-0.2, 0) is 6.54 Å². The highest BCUT2D eigenvalue weighted by molar-refractivity contribution is 5.78. The molecule has 0 saturated heterocycles. The first-order chi connectivity index (χ1) is 12.2. The van der Waals surface area contributed by atoms with E-state index in [0.717, 1.165) is 28.2 Å². The van der Waals surface area contributed by atoms with Crippen LogP contribution in [0.2, 0.25) is 0 Å². The summed E-state index contributed by atoms with van der Waals surface area (Å²) < 4.78 is 1.79. The maximum Gasteiger partial charge on any atom is 0.165 e. The number of aromatic nitrogens is 3.